The van der Waals surface area contributed by atoms with Crippen LogP contribution in [0, 0.1) is 0 Å². The van der Waals surface area contributed by atoms with E-state index in [1.54, 1.807) is 12.4 Å². The summed E-state index contributed by atoms with van der Waals surface area (Å²) >= 11 is 0. The van der Waals surface area contributed by atoms with Crippen molar-refractivity contribution in [3.05, 3.63) is 127 Å². The fourth-order valence-electron chi connectivity index (χ4n) is 9.18. The first-order valence-electron chi connectivity index (χ1n) is 29.3. The van der Waals surface area contributed by atoms with Crippen molar-refractivity contribution >= 4 is 0 Å². The molecule has 6 rings (SSSR count). The van der Waals surface area contributed by atoms with Gasteiger partial charge in [0.1, 0.15) is 23.0 Å². The SMILES string of the molecule is CCCCCCCCOc1ccc(-c2ccc(OCCCCCCCCCOc3ccc(-c4ncc(OCCCCCCCCCOc5ccc(-c6ncc(CCCCCCCC)cn6)cc5)cn4)cc3)cc2)cc1. The molecule has 0 aliphatic rings. The van der Waals surface area contributed by atoms with Crippen molar-refractivity contribution in [2.45, 2.75) is 187 Å². The van der Waals surface area contributed by atoms with Crippen LogP contribution in [0.4, 0.5) is 0 Å². The Kier molecular flexibility index (Phi) is 28.7. The summed E-state index contributed by atoms with van der Waals surface area (Å²) in [6.45, 7) is 8.22. The molecule has 404 valence electrons. The van der Waals surface area contributed by atoms with E-state index in [9.17, 15) is 0 Å². The van der Waals surface area contributed by atoms with Crippen molar-refractivity contribution in [3.63, 3.8) is 0 Å². The lowest BCUT2D eigenvalue weighted by Gasteiger charge is -2.09. The second-order valence-corrected chi connectivity index (χ2v) is 20.2. The lowest BCUT2D eigenvalue weighted by atomic mass is 10.1. The van der Waals surface area contributed by atoms with E-state index < -0.39 is 0 Å². The summed E-state index contributed by atoms with van der Waals surface area (Å²) < 4.78 is 30.0. The Labute approximate surface area is 452 Å². The zero-order valence-electron chi connectivity index (χ0n) is 46.0. The van der Waals surface area contributed by atoms with Crippen LogP contribution in [0.3, 0.4) is 0 Å². The minimum absolute atomic E-state index is 0.678. The molecule has 9 nitrogen and oxygen atoms in total. The summed E-state index contributed by atoms with van der Waals surface area (Å²) in [4.78, 5) is 18.4. The third-order valence-electron chi connectivity index (χ3n) is 13.8. The Hall–Kier alpha value is -5.96. The number of aryl methyl sites for hydroxylation is 1. The number of rotatable bonds is 42. The molecule has 0 amide bonds. The van der Waals surface area contributed by atoms with Crippen LogP contribution < -0.4 is 23.7 Å². The van der Waals surface area contributed by atoms with Crippen LogP contribution in [0.1, 0.15) is 186 Å². The van der Waals surface area contributed by atoms with Crippen LogP contribution in [0.15, 0.2) is 122 Å². The molecular weight excluding hydrogens is 929 g/mol. The van der Waals surface area contributed by atoms with Gasteiger partial charge in [-0.15, -0.1) is 0 Å². The quantitative estimate of drug-likeness (QED) is 0.0347. The van der Waals surface area contributed by atoms with Crippen molar-refractivity contribution in [1.29, 1.82) is 0 Å². The average molecular weight is 1020 g/mol. The minimum atomic E-state index is 0.678. The number of ether oxygens (including phenoxy) is 5. The van der Waals surface area contributed by atoms with Crippen molar-refractivity contribution in [1.82, 2.24) is 19.9 Å². The van der Waals surface area contributed by atoms with E-state index in [4.69, 9.17) is 23.7 Å². The maximum Gasteiger partial charge on any atom is 0.159 e. The highest BCUT2D eigenvalue weighted by atomic mass is 16.5. The molecule has 9 heteroatoms. The molecule has 0 aliphatic carbocycles. The summed E-state index contributed by atoms with van der Waals surface area (Å²) in [6, 6.07) is 33.1. The van der Waals surface area contributed by atoms with Crippen molar-refractivity contribution in [3.8, 4) is 62.7 Å². The van der Waals surface area contributed by atoms with Gasteiger partial charge in [0.25, 0.3) is 0 Å². The minimum Gasteiger partial charge on any atom is -0.494 e. The molecule has 0 radical (unpaired) electrons. The Balaban J connectivity index is 0.701. The third kappa shape index (κ3) is 24.1. The number of hydrogen-bond acceptors (Lipinski definition) is 9. The maximum atomic E-state index is 6.05. The molecule has 2 heterocycles. The van der Waals surface area contributed by atoms with Crippen LogP contribution in [-0.2, 0) is 6.42 Å². The van der Waals surface area contributed by atoms with Gasteiger partial charge < -0.3 is 23.7 Å². The van der Waals surface area contributed by atoms with Gasteiger partial charge in [0, 0.05) is 23.5 Å². The van der Waals surface area contributed by atoms with Gasteiger partial charge in [-0.2, -0.15) is 0 Å². The summed E-state index contributed by atoms with van der Waals surface area (Å²) in [5.41, 5.74) is 5.59. The van der Waals surface area contributed by atoms with Gasteiger partial charge in [0.05, 0.1) is 45.4 Å². The molecule has 0 N–H and O–H groups in total. The number of nitrogens with zero attached hydrogens (tertiary/aromatic N) is 4. The van der Waals surface area contributed by atoms with Crippen LogP contribution in [0.5, 0.6) is 28.7 Å². The molecular formula is C66H90N4O5. The van der Waals surface area contributed by atoms with Gasteiger partial charge in [-0.1, -0.05) is 167 Å². The smallest absolute Gasteiger partial charge is 0.159 e. The van der Waals surface area contributed by atoms with Gasteiger partial charge >= 0.3 is 0 Å². The fourth-order valence-corrected chi connectivity index (χ4v) is 9.18. The van der Waals surface area contributed by atoms with Crippen LogP contribution in [-0.4, -0.2) is 53.0 Å². The van der Waals surface area contributed by atoms with E-state index in [0.717, 1.165) is 111 Å². The highest BCUT2D eigenvalue weighted by molar-refractivity contribution is 5.65. The molecule has 0 fully saturated rings. The predicted octanol–water partition coefficient (Wildman–Crippen LogP) is 18.3. The molecule has 0 aliphatic heterocycles. The van der Waals surface area contributed by atoms with E-state index in [1.807, 2.05) is 48.8 Å². The van der Waals surface area contributed by atoms with Crippen molar-refractivity contribution < 1.29 is 23.7 Å². The molecule has 0 bridgehead atoms. The summed E-state index contributed by atoms with van der Waals surface area (Å²) in [7, 11) is 0. The molecule has 75 heavy (non-hydrogen) atoms. The van der Waals surface area contributed by atoms with Crippen molar-refractivity contribution in [2.75, 3.05) is 33.0 Å². The molecule has 0 atom stereocenters. The molecule has 6 aromatic rings. The number of hydrogen-bond donors (Lipinski definition) is 0. The lowest BCUT2D eigenvalue weighted by molar-refractivity contribution is 0.298. The second-order valence-electron chi connectivity index (χ2n) is 20.2. The highest BCUT2D eigenvalue weighted by Gasteiger charge is 2.07. The molecule has 0 unspecified atom stereocenters. The van der Waals surface area contributed by atoms with Crippen LogP contribution in [0.25, 0.3) is 33.9 Å². The maximum absolute atomic E-state index is 6.05. The first kappa shape index (κ1) is 58.3. The second kappa shape index (κ2) is 36.9. The van der Waals surface area contributed by atoms with Crippen molar-refractivity contribution in [2.24, 2.45) is 0 Å². The monoisotopic (exact) mass is 1020 g/mol. The zero-order chi connectivity index (χ0) is 52.1. The van der Waals surface area contributed by atoms with Gasteiger partial charge in [0.15, 0.2) is 17.4 Å². The van der Waals surface area contributed by atoms with Gasteiger partial charge in [-0.3, -0.25) is 0 Å². The van der Waals surface area contributed by atoms with E-state index >= 15 is 0 Å². The third-order valence-corrected chi connectivity index (χ3v) is 13.8. The fraction of sp³-hybridized carbons (Fsp3) is 0.515. The highest BCUT2D eigenvalue weighted by Crippen LogP contribution is 2.26. The molecule has 2 aromatic heterocycles. The lowest BCUT2D eigenvalue weighted by Crippen LogP contribution is -2.00. The Morgan fingerprint density at radius 3 is 0.827 bits per heavy atom. The van der Waals surface area contributed by atoms with Crippen LogP contribution in [0.2, 0.25) is 0 Å². The van der Waals surface area contributed by atoms with Gasteiger partial charge in [0.2, 0.25) is 0 Å². The first-order valence-corrected chi connectivity index (χ1v) is 29.3. The topological polar surface area (TPSA) is 97.7 Å². The zero-order valence-corrected chi connectivity index (χ0v) is 46.0. The van der Waals surface area contributed by atoms with E-state index in [1.165, 1.54) is 145 Å². The van der Waals surface area contributed by atoms with E-state index in [-0.39, 0.29) is 0 Å². The standard InChI is InChI=1S/C66H90N4O5/c1-3-5-7-9-17-23-29-55-51-67-65(68-52-55)58-34-42-62(43-35-58)73-48-27-21-15-12-16-22-28-50-75-64-53-69-66(70-54-64)59-36-44-63(45-37-59)74-49-26-20-14-11-13-19-25-47-72-61-40-32-57(33-41-61)56-30-38-60(39-31-56)71-46-24-18-10-8-6-4-2/h30-45,51-54H,3-29,46-50H2,1-2H3. The molecule has 0 saturated heterocycles. The Bertz CT molecular complexity index is 2320. The Morgan fingerprint density at radius 1 is 0.253 bits per heavy atom. The molecule has 0 saturated carbocycles. The molecule has 4 aromatic carbocycles. The number of benzene rings is 4. The average Bonchev–Trinajstić information content (AvgIpc) is 3.45. The largest absolute Gasteiger partial charge is 0.494 e. The number of aromatic nitrogens is 4. The normalized spacial score (nSPS) is 11.2. The molecule has 0 spiro atoms. The van der Waals surface area contributed by atoms with E-state index in [0.29, 0.717) is 18.2 Å². The van der Waals surface area contributed by atoms with Crippen LogP contribution >= 0.6 is 0 Å². The Morgan fingerprint density at radius 2 is 0.507 bits per heavy atom. The summed E-state index contributed by atoms with van der Waals surface area (Å²) in [5.74, 6) is 5.83. The predicted molar refractivity (Wildman–Crippen MR) is 309 cm³/mol. The van der Waals surface area contributed by atoms with Gasteiger partial charge in [-0.05, 0) is 134 Å². The summed E-state index contributed by atoms with van der Waals surface area (Å²) in [6.07, 6.45) is 40.4. The number of unbranched alkanes of at least 4 members (excludes halogenated alkanes) is 22. The van der Waals surface area contributed by atoms with Gasteiger partial charge in [-0.25, -0.2) is 19.9 Å². The summed E-state index contributed by atoms with van der Waals surface area (Å²) in [5, 5.41) is 0. The van der Waals surface area contributed by atoms with E-state index in [2.05, 4.69) is 94.4 Å². The first-order chi connectivity index (χ1) is 37.2.